The van der Waals surface area contributed by atoms with Gasteiger partial charge < -0.3 is 0 Å². The van der Waals surface area contributed by atoms with E-state index in [0.29, 0.717) is 12.6 Å². The van der Waals surface area contributed by atoms with Crippen LogP contribution in [-0.2, 0) is 6.54 Å². The Morgan fingerprint density at radius 2 is 1.82 bits per heavy atom. The molecule has 1 nitrogen and oxygen atoms in total. The predicted octanol–water partition coefficient (Wildman–Crippen LogP) is 3.73. The van der Waals surface area contributed by atoms with Crippen molar-refractivity contribution >= 4 is 0 Å². The summed E-state index contributed by atoms with van der Waals surface area (Å²) in [5.41, 5.74) is 0.844. The topological polar surface area (TPSA) is 3.24 Å². The molecule has 0 heterocycles. The third kappa shape index (κ3) is 3.25. The van der Waals surface area contributed by atoms with Gasteiger partial charge in [0.2, 0.25) is 0 Å². The molecule has 1 aromatic rings. The molecule has 0 radical (unpaired) electrons. The van der Waals surface area contributed by atoms with Gasteiger partial charge in [0.1, 0.15) is 0 Å². The van der Waals surface area contributed by atoms with E-state index >= 15 is 0 Å². The molecule has 0 bridgehead atoms. The van der Waals surface area contributed by atoms with Crippen LogP contribution in [0.25, 0.3) is 0 Å². The summed E-state index contributed by atoms with van der Waals surface area (Å²) in [6.45, 7) is 0.696. The molecule has 1 aliphatic carbocycles. The molecule has 0 N–H and O–H groups in total. The molecule has 94 valence electrons. The van der Waals surface area contributed by atoms with Crippen LogP contribution in [0.1, 0.15) is 37.7 Å². The summed E-state index contributed by atoms with van der Waals surface area (Å²) in [5.74, 6) is -1.52. The second-order valence-corrected chi connectivity index (χ2v) is 4.96. The zero-order valence-electron chi connectivity index (χ0n) is 10.3. The second-order valence-electron chi connectivity index (χ2n) is 4.96. The van der Waals surface area contributed by atoms with Gasteiger partial charge in [-0.3, -0.25) is 4.90 Å². The molecule has 1 saturated carbocycles. The summed E-state index contributed by atoms with van der Waals surface area (Å²) in [7, 11) is 2.07. The highest BCUT2D eigenvalue weighted by Crippen LogP contribution is 2.23. The van der Waals surface area contributed by atoms with Gasteiger partial charge in [0.15, 0.2) is 11.6 Å². The summed E-state index contributed by atoms with van der Waals surface area (Å²) in [5, 5.41) is 0. The van der Waals surface area contributed by atoms with Crippen molar-refractivity contribution in [1.82, 2.24) is 4.90 Å². The van der Waals surface area contributed by atoms with E-state index in [9.17, 15) is 8.78 Å². The minimum Gasteiger partial charge on any atom is -0.299 e. The third-order valence-electron chi connectivity index (χ3n) is 3.61. The lowest BCUT2D eigenvalue weighted by atomic mass is 9.94. The fourth-order valence-corrected chi connectivity index (χ4v) is 2.58. The summed E-state index contributed by atoms with van der Waals surface area (Å²) < 4.78 is 25.9. The van der Waals surface area contributed by atoms with E-state index in [0.717, 1.165) is 5.56 Å². The fourth-order valence-electron chi connectivity index (χ4n) is 2.58. The van der Waals surface area contributed by atoms with Crippen LogP contribution in [0.3, 0.4) is 0 Å². The maximum Gasteiger partial charge on any atom is 0.159 e. The summed E-state index contributed by atoms with van der Waals surface area (Å²) >= 11 is 0. The van der Waals surface area contributed by atoms with E-state index in [-0.39, 0.29) is 0 Å². The van der Waals surface area contributed by atoms with Crippen molar-refractivity contribution < 1.29 is 8.78 Å². The van der Waals surface area contributed by atoms with E-state index < -0.39 is 11.6 Å². The number of nitrogens with zero attached hydrogens (tertiary/aromatic N) is 1. The van der Waals surface area contributed by atoms with Gasteiger partial charge in [0.25, 0.3) is 0 Å². The molecule has 3 heteroatoms. The Kier molecular flexibility index (Phi) is 4.11. The van der Waals surface area contributed by atoms with Gasteiger partial charge in [-0.05, 0) is 37.6 Å². The minimum atomic E-state index is -0.769. The van der Waals surface area contributed by atoms with Gasteiger partial charge in [0.05, 0.1) is 0 Å². The molecule has 0 amide bonds. The number of benzene rings is 1. The first-order chi connectivity index (χ1) is 8.16. The largest absolute Gasteiger partial charge is 0.299 e. The molecule has 2 rings (SSSR count). The first-order valence-electron chi connectivity index (χ1n) is 6.31. The molecule has 1 aliphatic rings. The van der Waals surface area contributed by atoms with Crippen molar-refractivity contribution in [2.45, 2.75) is 44.7 Å². The van der Waals surface area contributed by atoms with E-state index in [1.165, 1.54) is 44.2 Å². The lowest BCUT2D eigenvalue weighted by molar-refractivity contribution is 0.184. The van der Waals surface area contributed by atoms with E-state index in [1.54, 1.807) is 6.07 Å². The molecule has 0 aromatic heterocycles. The molecule has 0 spiro atoms. The highest BCUT2D eigenvalue weighted by molar-refractivity contribution is 5.17. The highest BCUT2D eigenvalue weighted by atomic mass is 19.2. The van der Waals surface area contributed by atoms with Gasteiger partial charge in [-0.25, -0.2) is 8.78 Å². The number of hydrogen-bond acceptors (Lipinski definition) is 1. The van der Waals surface area contributed by atoms with Crippen molar-refractivity contribution in [2.75, 3.05) is 7.05 Å². The normalized spacial score (nSPS) is 17.6. The van der Waals surface area contributed by atoms with Crippen molar-refractivity contribution in [3.63, 3.8) is 0 Å². The Morgan fingerprint density at radius 1 is 1.12 bits per heavy atom. The highest BCUT2D eigenvalue weighted by Gasteiger charge is 2.18. The molecule has 17 heavy (non-hydrogen) atoms. The minimum absolute atomic E-state index is 0.594. The number of hydrogen-bond donors (Lipinski definition) is 0. The quantitative estimate of drug-likeness (QED) is 0.777. The molecule has 0 saturated heterocycles. The van der Waals surface area contributed by atoms with Gasteiger partial charge in [0, 0.05) is 12.6 Å². The summed E-state index contributed by atoms with van der Waals surface area (Å²) in [6, 6.07) is 4.77. The zero-order chi connectivity index (χ0) is 12.3. The second kappa shape index (κ2) is 5.58. The Labute approximate surface area is 101 Å². The van der Waals surface area contributed by atoms with Gasteiger partial charge in [-0.1, -0.05) is 25.3 Å². The molecule has 0 unspecified atom stereocenters. The van der Waals surface area contributed by atoms with Crippen molar-refractivity contribution in [3.8, 4) is 0 Å². The number of rotatable bonds is 3. The Balaban J connectivity index is 1.96. The van der Waals surface area contributed by atoms with Crippen LogP contribution in [0.5, 0.6) is 0 Å². The van der Waals surface area contributed by atoms with E-state index in [2.05, 4.69) is 11.9 Å². The molecule has 0 atom stereocenters. The van der Waals surface area contributed by atoms with Crippen molar-refractivity contribution in [3.05, 3.63) is 35.4 Å². The van der Waals surface area contributed by atoms with Gasteiger partial charge in [-0.2, -0.15) is 0 Å². The summed E-state index contributed by atoms with van der Waals surface area (Å²) in [6.07, 6.45) is 6.34. The standard InChI is InChI=1S/C14H19F2N/c1-17(12-5-3-2-4-6-12)10-11-7-8-13(15)14(16)9-11/h7-9,12H,2-6,10H2,1H3. The van der Waals surface area contributed by atoms with Crippen LogP contribution in [0, 0.1) is 11.6 Å². The Morgan fingerprint density at radius 3 is 2.47 bits per heavy atom. The van der Waals surface area contributed by atoms with Crippen LogP contribution in [-0.4, -0.2) is 18.0 Å². The monoisotopic (exact) mass is 239 g/mol. The first kappa shape index (κ1) is 12.5. The molecule has 0 aliphatic heterocycles. The molecule has 1 aromatic carbocycles. The molecular formula is C14H19F2N. The van der Waals surface area contributed by atoms with Crippen LogP contribution in [0.2, 0.25) is 0 Å². The van der Waals surface area contributed by atoms with Crippen molar-refractivity contribution in [1.29, 1.82) is 0 Å². The Bertz CT molecular complexity index is 372. The van der Waals surface area contributed by atoms with E-state index in [4.69, 9.17) is 0 Å². The zero-order valence-corrected chi connectivity index (χ0v) is 10.3. The molecular weight excluding hydrogens is 220 g/mol. The lowest BCUT2D eigenvalue weighted by Gasteiger charge is -2.31. The molecule has 1 fully saturated rings. The number of halogens is 2. The van der Waals surface area contributed by atoms with Crippen molar-refractivity contribution in [2.24, 2.45) is 0 Å². The maximum atomic E-state index is 13.1. The predicted molar refractivity (Wildman–Crippen MR) is 64.7 cm³/mol. The smallest absolute Gasteiger partial charge is 0.159 e. The Hall–Kier alpha value is -0.960. The van der Waals surface area contributed by atoms with Gasteiger partial charge >= 0.3 is 0 Å². The average molecular weight is 239 g/mol. The first-order valence-corrected chi connectivity index (χ1v) is 6.31. The summed E-state index contributed by atoms with van der Waals surface area (Å²) in [4.78, 5) is 2.26. The van der Waals surface area contributed by atoms with Crippen LogP contribution >= 0.6 is 0 Å². The van der Waals surface area contributed by atoms with Gasteiger partial charge in [-0.15, -0.1) is 0 Å². The SMILES string of the molecule is CN(Cc1ccc(F)c(F)c1)C1CCCCC1. The maximum absolute atomic E-state index is 13.1. The third-order valence-corrected chi connectivity index (χ3v) is 3.61. The average Bonchev–Trinajstić information content (AvgIpc) is 2.35. The van der Waals surface area contributed by atoms with E-state index in [1.807, 2.05) is 0 Å². The fraction of sp³-hybridized carbons (Fsp3) is 0.571. The van der Waals surface area contributed by atoms with Crippen LogP contribution in [0.15, 0.2) is 18.2 Å². The lowest BCUT2D eigenvalue weighted by Crippen LogP contribution is -2.32. The van der Waals surface area contributed by atoms with Crippen LogP contribution < -0.4 is 0 Å². The van der Waals surface area contributed by atoms with Crippen LogP contribution in [0.4, 0.5) is 8.78 Å².